The van der Waals surface area contributed by atoms with Crippen LogP contribution in [0.5, 0.6) is 11.5 Å². The van der Waals surface area contributed by atoms with Crippen molar-refractivity contribution in [2.75, 3.05) is 18.5 Å². The molecule has 7 N–H and O–H groups in total. The molecule has 3 heterocycles. The second kappa shape index (κ2) is 10.7. The molecule has 1 saturated heterocycles. The number of carbonyl (C=O) groups excluding carboxylic acids is 2. The van der Waals surface area contributed by atoms with Gasteiger partial charge in [-0.3, -0.25) is 9.59 Å². The fraction of sp³-hybridized carbons (Fsp3) is 0.485. The standard InChI is InChI=1S/C33H36N2O10/c1-15-10-18-22(19(37)11-15)26(40)24-20-12-17-16(23(24)25(18)39)4-9-34-30(17)35-13-21(38)32(5-2-3-6-32)7-8-33(14-36)29(43)27(41)28(42)31(44-20)45-33/h4,9-12,21,27-29,31,36-38,41-43H,2-3,5-8,13-14H2,1H3,(H,34,35). The van der Waals surface area contributed by atoms with Gasteiger partial charge < -0.3 is 45.4 Å². The van der Waals surface area contributed by atoms with Crippen LogP contribution < -0.4 is 10.1 Å². The topological polar surface area (TPSA) is 199 Å². The summed E-state index contributed by atoms with van der Waals surface area (Å²) in [7, 11) is 0. The van der Waals surface area contributed by atoms with E-state index in [0.29, 0.717) is 41.4 Å². The zero-order valence-corrected chi connectivity index (χ0v) is 24.7. The lowest BCUT2D eigenvalue weighted by Gasteiger charge is -2.49. The van der Waals surface area contributed by atoms with Gasteiger partial charge in [0.2, 0.25) is 12.1 Å². The van der Waals surface area contributed by atoms with E-state index in [2.05, 4.69) is 10.3 Å². The van der Waals surface area contributed by atoms with Gasteiger partial charge in [-0.15, -0.1) is 0 Å². The first-order valence-corrected chi connectivity index (χ1v) is 15.3. The van der Waals surface area contributed by atoms with Gasteiger partial charge in [0.25, 0.3) is 0 Å². The summed E-state index contributed by atoms with van der Waals surface area (Å²) in [6, 6.07) is 5.96. The summed E-state index contributed by atoms with van der Waals surface area (Å²) in [5, 5.41) is 70.1. The SMILES string of the molecule is Cc1cc(O)c2c(c1)C(=O)c1c(c3cc4c(nccc14)NCC(O)C1(CCCC1)CCC1(CO)OC(O3)C(O)C(O)C1O)C2=O. The van der Waals surface area contributed by atoms with Crippen LogP contribution in [0.25, 0.3) is 10.8 Å². The van der Waals surface area contributed by atoms with Crippen LogP contribution in [-0.2, 0) is 4.74 Å². The number of hydrogen-bond acceptors (Lipinski definition) is 12. The van der Waals surface area contributed by atoms with Gasteiger partial charge in [-0.25, -0.2) is 4.98 Å². The van der Waals surface area contributed by atoms with E-state index in [1.807, 2.05) is 0 Å². The van der Waals surface area contributed by atoms with E-state index in [9.17, 15) is 40.2 Å². The highest BCUT2D eigenvalue weighted by Crippen LogP contribution is 2.49. The van der Waals surface area contributed by atoms with Crippen molar-refractivity contribution in [3.05, 3.63) is 58.3 Å². The van der Waals surface area contributed by atoms with Crippen LogP contribution in [-0.4, -0.2) is 96.6 Å². The molecular formula is C33H36N2O10. The maximum atomic E-state index is 14.1. The number of aryl methyl sites for hydroxylation is 1. The average molecular weight is 621 g/mol. The Morgan fingerprint density at radius 2 is 1.69 bits per heavy atom. The molecule has 238 valence electrons. The van der Waals surface area contributed by atoms with Crippen molar-refractivity contribution >= 4 is 28.2 Å². The van der Waals surface area contributed by atoms with Gasteiger partial charge in [0.05, 0.1) is 23.8 Å². The van der Waals surface area contributed by atoms with Crippen molar-refractivity contribution in [2.45, 2.75) is 81.8 Å². The fourth-order valence-corrected chi connectivity index (χ4v) is 7.80. The Morgan fingerprint density at radius 1 is 0.933 bits per heavy atom. The minimum atomic E-state index is -1.81. The van der Waals surface area contributed by atoms with E-state index in [1.165, 1.54) is 24.4 Å². The summed E-state index contributed by atoms with van der Waals surface area (Å²) in [5.41, 5.74) is -2.14. The molecule has 45 heavy (non-hydrogen) atoms. The third kappa shape index (κ3) is 4.46. The average Bonchev–Trinajstić information content (AvgIpc) is 3.51. The number of aliphatic hydroxyl groups excluding tert-OH is 5. The molecule has 0 radical (unpaired) electrons. The number of β-amino-alcohol motifs (C(OH)–C–C–N with tert-alkyl or cyclic N) is 1. The minimum absolute atomic E-state index is 0.00494. The highest BCUT2D eigenvalue weighted by atomic mass is 16.7. The second-order valence-electron chi connectivity index (χ2n) is 13.0. The number of aromatic nitrogens is 1. The number of fused-ring (bicyclic) bond motifs is 7. The van der Waals surface area contributed by atoms with Crippen molar-refractivity contribution in [2.24, 2.45) is 5.41 Å². The molecule has 6 unspecified atom stereocenters. The first-order chi connectivity index (χ1) is 21.5. The highest BCUT2D eigenvalue weighted by molar-refractivity contribution is 6.34. The van der Waals surface area contributed by atoms with E-state index in [4.69, 9.17) is 9.47 Å². The number of carbonyl (C=O) groups is 2. The lowest BCUT2D eigenvalue weighted by Crippen LogP contribution is -2.67. The van der Waals surface area contributed by atoms with Gasteiger partial charge in [0.1, 0.15) is 41.2 Å². The molecule has 2 fully saturated rings. The van der Waals surface area contributed by atoms with E-state index in [-0.39, 0.29) is 46.7 Å². The normalized spacial score (nSPS) is 30.8. The van der Waals surface area contributed by atoms with Crippen LogP contribution in [0.4, 0.5) is 5.82 Å². The molecule has 2 aliphatic heterocycles. The van der Waals surface area contributed by atoms with Gasteiger partial charge in [0, 0.05) is 29.3 Å². The quantitative estimate of drug-likeness (QED) is 0.163. The van der Waals surface area contributed by atoms with Crippen molar-refractivity contribution in [3.8, 4) is 11.5 Å². The third-order valence-electron chi connectivity index (χ3n) is 10.4. The number of anilines is 1. The molecule has 1 saturated carbocycles. The van der Waals surface area contributed by atoms with E-state index in [1.54, 1.807) is 13.0 Å². The Balaban J connectivity index is 1.46. The van der Waals surface area contributed by atoms with Gasteiger partial charge in [-0.05, 0) is 73.2 Å². The smallest absolute Gasteiger partial charge is 0.229 e. The molecule has 4 aliphatic rings. The van der Waals surface area contributed by atoms with Crippen LogP contribution in [0.15, 0.2) is 30.5 Å². The Hall–Kier alpha value is -3.65. The van der Waals surface area contributed by atoms with Gasteiger partial charge in [-0.1, -0.05) is 12.8 Å². The predicted molar refractivity (Wildman–Crippen MR) is 159 cm³/mol. The number of phenols is 1. The maximum absolute atomic E-state index is 14.1. The molecule has 0 amide bonds. The largest absolute Gasteiger partial charge is 0.507 e. The fourth-order valence-electron chi connectivity index (χ4n) is 7.80. The van der Waals surface area contributed by atoms with E-state index in [0.717, 1.165) is 12.8 Å². The number of phenolic OH excluding ortho intramolecular Hbond substituents is 1. The molecule has 1 spiro atoms. The predicted octanol–water partition coefficient (Wildman–Crippen LogP) is 1.70. The van der Waals surface area contributed by atoms with Crippen LogP contribution in [0.1, 0.15) is 75.9 Å². The van der Waals surface area contributed by atoms with Crippen LogP contribution in [0.3, 0.4) is 0 Å². The molecule has 2 aliphatic carbocycles. The zero-order chi connectivity index (χ0) is 31.8. The summed E-state index contributed by atoms with van der Waals surface area (Å²) in [4.78, 5) is 32.7. The molecule has 7 rings (SSSR count). The maximum Gasteiger partial charge on any atom is 0.229 e. The van der Waals surface area contributed by atoms with Crippen LogP contribution >= 0.6 is 0 Å². The highest BCUT2D eigenvalue weighted by Gasteiger charge is 2.56. The van der Waals surface area contributed by atoms with Crippen molar-refractivity contribution in [1.82, 2.24) is 4.98 Å². The minimum Gasteiger partial charge on any atom is -0.507 e. The number of pyridine rings is 1. The molecule has 12 heteroatoms. The Bertz CT molecular complexity index is 1720. The number of ether oxygens (including phenoxy) is 2. The first kappa shape index (κ1) is 30.0. The van der Waals surface area contributed by atoms with Crippen molar-refractivity contribution in [3.63, 3.8) is 0 Å². The van der Waals surface area contributed by atoms with Gasteiger partial charge in [-0.2, -0.15) is 0 Å². The number of benzene rings is 2. The molecule has 1 aromatic heterocycles. The summed E-state index contributed by atoms with van der Waals surface area (Å²) in [5.74, 6) is -1.47. The van der Waals surface area contributed by atoms with Crippen molar-refractivity contribution < 1.29 is 49.7 Å². The number of nitrogens with one attached hydrogen (secondary N) is 1. The number of ketones is 2. The van der Waals surface area contributed by atoms with Gasteiger partial charge >= 0.3 is 0 Å². The second-order valence-corrected chi connectivity index (χ2v) is 13.0. The summed E-state index contributed by atoms with van der Waals surface area (Å²) >= 11 is 0. The molecule has 12 nitrogen and oxygen atoms in total. The zero-order valence-electron chi connectivity index (χ0n) is 24.7. The third-order valence-corrected chi connectivity index (χ3v) is 10.4. The Labute approximate surface area is 258 Å². The number of nitrogens with zero attached hydrogens (tertiary/aromatic N) is 1. The lowest BCUT2D eigenvalue weighted by molar-refractivity contribution is -0.322. The van der Waals surface area contributed by atoms with Gasteiger partial charge in [0.15, 0.2) is 5.78 Å². The van der Waals surface area contributed by atoms with Crippen LogP contribution in [0.2, 0.25) is 0 Å². The molecular weight excluding hydrogens is 584 g/mol. The summed E-state index contributed by atoms with van der Waals surface area (Å²) < 4.78 is 12.3. The Kier molecular flexibility index (Phi) is 7.15. The molecule has 4 bridgehead atoms. The van der Waals surface area contributed by atoms with E-state index >= 15 is 0 Å². The number of aliphatic hydroxyl groups is 5. The monoisotopic (exact) mass is 620 g/mol. The van der Waals surface area contributed by atoms with Crippen molar-refractivity contribution in [1.29, 1.82) is 0 Å². The Morgan fingerprint density at radius 3 is 2.42 bits per heavy atom. The summed E-state index contributed by atoms with van der Waals surface area (Å²) in [6.07, 6.45) is -2.84. The summed E-state index contributed by atoms with van der Waals surface area (Å²) in [6.45, 7) is 1.06. The number of hydrogen-bond donors (Lipinski definition) is 7. The number of aromatic hydroxyl groups is 1. The lowest BCUT2D eigenvalue weighted by atomic mass is 9.72. The first-order valence-electron chi connectivity index (χ1n) is 15.3. The molecule has 3 aromatic rings. The van der Waals surface area contributed by atoms with Crippen LogP contribution in [0, 0.1) is 12.3 Å². The van der Waals surface area contributed by atoms with E-state index < -0.39 is 59.9 Å². The number of rotatable bonds is 1. The molecule has 2 aromatic carbocycles. The molecule has 6 atom stereocenters.